The molecule has 5 nitrogen and oxygen atoms in total. The fourth-order valence-corrected chi connectivity index (χ4v) is 3.24. The Balaban J connectivity index is 1.82. The Bertz CT molecular complexity index is 1090. The molecule has 0 aliphatic rings. The third-order valence-corrected chi connectivity index (χ3v) is 4.47. The van der Waals surface area contributed by atoms with Crippen LogP contribution < -0.4 is 0 Å². The van der Waals surface area contributed by atoms with E-state index >= 15 is 0 Å². The second-order valence-corrected chi connectivity index (χ2v) is 5.94. The molecule has 0 unspecified atom stereocenters. The lowest BCUT2D eigenvalue weighted by atomic mass is 10.1. The molecule has 4 rings (SSSR count). The number of aryl methyl sites for hydroxylation is 2. The first-order chi connectivity index (χ1) is 12.2. The van der Waals surface area contributed by atoms with E-state index in [2.05, 4.69) is 41.4 Å². The number of aromatic nitrogens is 4. The summed E-state index contributed by atoms with van der Waals surface area (Å²) in [6.45, 7) is 2.14. The van der Waals surface area contributed by atoms with Crippen LogP contribution in [0.1, 0.15) is 18.2 Å². The van der Waals surface area contributed by atoms with Crippen molar-refractivity contribution in [2.75, 3.05) is 0 Å². The molecule has 0 atom stereocenters. The van der Waals surface area contributed by atoms with E-state index in [0.717, 1.165) is 28.9 Å². The third kappa shape index (κ3) is 2.48. The van der Waals surface area contributed by atoms with Crippen molar-refractivity contribution in [3.8, 4) is 23.0 Å². The highest BCUT2D eigenvalue weighted by Gasteiger charge is 2.12. The summed E-state index contributed by atoms with van der Waals surface area (Å²) in [6.07, 6.45) is 2.74. The SMILES string of the molecule is CCc1c2ccc(-c3ccnn3-c3ccc(C#N)cc3)cc2nn1C. The molecule has 0 radical (unpaired) electrons. The van der Waals surface area contributed by atoms with Gasteiger partial charge in [-0.15, -0.1) is 0 Å². The van der Waals surface area contributed by atoms with Gasteiger partial charge < -0.3 is 0 Å². The standard InChI is InChI=1S/C20H17N5/c1-3-19-17-9-6-15(12-18(17)23-24(19)2)20-10-11-22-25(20)16-7-4-14(13-21)5-8-16/h4-12H,3H2,1-2H3. The molecule has 122 valence electrons. The van der Waals surface area contributed by atoms with Gasteiger partial charge >= 0.3 is 0 Å². The molecule has 25 heavy (non-hydrogen) atoms. The van der Waals surface area contributed by atoms with Crippen LogP contribution >= 0.6 is 0 Å². The number of rotatable bonds is 3. The van der Waals surface area contributed by atoms with E-state index in [1.54, 1.807) is 18.3 Å². The summed E-state index contributed by atoms with van der Waals surface area (Å²) in [6, 6.07) is 17.9. The van der Waals surface area contributed by atoms with E-state index in [1.165, 1.54) is 11.1 Å². The monoisotopic (exact) mass is 327 g/mol. The second-order valence-electron chi connectivity index (χ2n) is 5.94. The van der Waals surface area contributed by atoms with Gasteiger partial charge in [0.25, 0.3) is 0 Å². The molecule has 0 spiro atoms. The van der Waals surface area contributed by atoms with Crippen molar-refractivity contribution < 1.29 is 0 Å². The van der Waals surface area contributed by atoms with Crippen molar-refractivity contribution in [3.05, 3.63) is 66.0 Å². The minimum atomic E-state index is 0.638. The molecule has 0 saturated heterocycles. The first kappa shape index (κ1) is 15.2. The first-order valence-corrected chi connectivity index (χ1v) is 8.22. The Morgan fingerprint density at radius 1 is 1.08 bits per heavy atom. The minimum absolute atomic E-state index is 0.638. The summed E-state index contributed by atoms with van der Waals surface area (Å²) in [5.41, 5.74) is 5.85. The van der Waals surface area contributed by atoms with Gasteiger partial charge in [0.1, 0.15) is 0 Å². The van der Waals surface area contributed by atoms with E-state index in [9.17, 15) is 0 Å². The van der Waals surface area contributed by atoms with Gasteiger partial charge in [-0.3, -0.25) is 4.68 Å². The Labute approximate surface area is 145 Å². The van der Waals surface area contributed by atoms with Crippen molar-refractivity contribution >= 4 is 10.9 Å². The van der Waals surface area contributed by atoms with Crippen LogP contribution in [0.15, 0.2) is 54.7 Å². The average molecular weight is 327 g/mol. The summed E-state index contributed by atoms with van der Waals surface area (Å²) in [5, 5.41) is 19.2. The maximum Gasteiger partial charge on any atom is 0.0991 e. The summed E-state index contributed by atoms with van der Waals surface area (Å²) in [5.74, 6) is 0. The highest BCUT2D eigenvalue weighted by Crippen LogP contribution is 2.27. The predicted octanol–water partition coefficient (Wildman–Crippen LogP) is 3.86. The lowest BCUT2D eigenvalue weighted by Crippen LogP contribution is -1.98. The van der Waals surface area contributed by atoms with Crippen molar-refractivity contribution in [2.45, 2.75) is 13.3 Å². The van der Waals surface area contributed by atoms with Gasteiger partial charge in [-0.1, -0.05) is 19.1 Å². The Morgan fingerprint density at radius 2 is 1.88 bits per heavy atom. The molecular formula is C20H17N5. The van der Waals surface area contributed by atoms with Gasteiger partial charge in [-0.25, -0.2) is 4.68 Å². The molecule has 2 aromatic heterocycles. The molecule has 2 aromatic carbocycles. The van der Waals surface area contributed by atoms with E-state index in [-0.39, 0.29) is 0 Å². The smallest absolute Gasteiger partial charge is 0.0991 e. The largest absolute Gasteiger partial charge is 0.271 e. The number of hydrogen-bond acceptors (Lipinski definition) is 3. The van der Waals surface area contributed by atoms with Crippen LogP contribution in [-0.4, -0.2) is 19.6 Å². The van der Waals surface area contributed by atoms with Crippen molar-refractivity contribution in [1.82, 2.24) is 19.6 Å². The zero-order chi connectivity index (χ0) is 17.4. The van der Waals surface area contributed by atoms with Crippen LogP contribution in [0, 0.1) is 11.3 Å². The van der Waals surface area contributed by atoms with Crippen LogP contribution in [0.2, 0.25) is 0 Å². The molecule has 4 aromatic rings. The van der Waals surface area contributed by atoms with Crippen LogP contribution in [0.3, 0.4) is 0 Å². The second kappa shape index (κ2) is 5.91. The zero-order valence-corrected chi connectivity index (χ0v) is 14.1. The first-order valence-electron chi connectivity index (χ1n) is 8.22. The topological polar surface area (TPSA) is 59.4 Å². The Morgan fingerprint density at radius 3 is 2.60 bits per heavy atom. The van der Waals surface area contributed by atoms with Crippen LogP contribution in [0.5, 0.6) is 0 Å². The van der Waals surface area contributed by atoms with Crippen LogP contribution in [0.25, 0.3) is 27.8 Å². The van der Waals surface area contributed by atoms with Gasteiger partial charge in [0.2, 0.25) is 0 Å². The molecule has 0 bridgehead atoms. The molecule has 0 N–H and O–H groups in total. The number of hydrogen-bond donors (Lipinski definition) is 0. The summed E-state index contributed by atoms with van der Waals surface area (Å²) in [4.78, 5) is 0. The lowest BCUT2D eigenvalue weighted by molar-refractivity contribution is 0.728. The number of fused-ring (bicyclic) bond motifs is 1. The fourth-order valence-electron chi connectivity index (χ4n) is 3.24. The minimum Gasteiger partial charge on any atom is -0.271 e. The summed E-state index contributed by atoms with van der Waals surface area (Å²) in [7, 11) is 1.99. The summed E-state index contributed by atoms with van der Waals surface area (Å²) < 4.78 is 3.83. The molecule has 0 aliphatic heterocycles. The lowest BCUT2D eigenvalue weighted by Gasteiger charge is -2.08. The molecular weight excluding hydrogens is 310 g/mol. The highest BCUT2D eigenvalue weighted by atomic mass is 15.3. The van der Waals surface area contributed by atoms with Crippen LogP contribution in [-0.2, 0) is 13.5 Å². The Hall–Kier alpha value is -3.39. The molecule has 0 aliphatic carbocycles. The molecule has 0 amide bonds. The van der Waals surface area contributed by atoms with Gasteiger partial charge in [0.05, 0.1) is 34.7 Å². The van der Waals surface area contributed by atoms with E-state index in [4.69, 9.17) is 5.26 Å². The van der Waals surface area contributed by atoms with E-state index in [1.807, 2.05) is 34.6 Å². The van der Waals surface area contributed by atoms with E-state index < -0.39 is 0 Å². The van der Waals surface area contributed by atoms with Crippen molar-refractivity contribution in [3.63, 3.8) is 0 Å². The number of nitrogens with zero attached hydrogens (tertiary/aromatic N) is 5. The van der Waals surface area contributed by atoms with Crippen molar-refractivity contribution in [1.29, 1.82) is 5.26 Å². The fraction of sp³-hybridized carbons (Fsp3) is 0.150. The van der Waals surface area contributed by atoms with Gasteiger partial charge in [0, 0.05) is 23.7 Å². The maximum absolute atomic E-state index is 8.96. The molecule has 0 fully saturated rings. The summed E-state index contributed by atoms with van der Waals surface area (Å²) >= 11 is 0. The zero-order valence-electron chi connectivity index (χ0n) is 14.1. The molecule has 5 heteroatoms. The molecule has 0 saturated carbocycles. The number of nitriles is 1. The third-order valence-electron chi connectivity index (χ3n) is 4.47. The average Bonchev–Trinajstić information content (AvgIpc) is 3.24. The highest BCUT2D eigenvalue weighted by molar-refractivity contribution is 5.86. The normalized spacial score (nSPS) is 10.9. The van der Waals surface area contributed by atoms with Gasteiger partial charge in [-0.2, -0.15) is 15.5 Å². The predicted molar refractivity (Wildman–Crippen MR) is 97.4 cm³/mol. The van der Waals surface area contributed by atoms with Gasteiger partial charge in [0.15, 0.2) is 0 Å². The van der Waals surface area contributed by atoms with Gasteiger partial charge in [-0.05, 0) is 42.8 Å². The molecule has 2 heterocycles. The maximum atomic E-state index is 8.96. The Kier molecular flexibility index (Phi) is 3.58. The van der Waals surface area contributed by atoms with E-state index in [0.29, 0.717) is 5.56 Å². The quantitative estimate of drug-likeness (QED) is 0.574. The van der Waals surface area contributed by atoms with Crippen LogP contribution in [0.4, 0.5) is 0 Å². The van der Waals surface area contributed by atoms with Crippen molar-refractivity contribution in [2.24, 2.45) is 7.05 Å². The number of benzene rings is 2.